The maximum Gasteiger partial charge on any atom is 0.270 e. The van der Waals surface area contributed by atoms with E-state index in [1.54, 1.807) is 111 Å². The van der Waals surface area contributed by atoms with Gasteiger partial charge in [-0.1, -0.05) is 279 Å². The zero-order chi connectivity index (χ0) is 98.8. The molecule has 10 aromatic rings. The first-order valence-electron chi connectivity index (χ1n) is 51.5. The summed E-state index contributed by atoms with van der Waals surface area (Å²) in [5.41, 5.74) is 11.2. The summed E-state index contributed by atoms with van der Waals surface area (Å²) < 4.78 is 21.6. The fraction of sp³-hybridized carbons (Fsp3) is 0.530. The van der Waals surface area contributed by atoms with Crippen LogP contribution in [0.25, 0.3) is 68.0 Å². The van der Waals surface area contributed by atoms with Gasteiger partial charge in [0.2, 0.25) is 0 Å². The van der Waals surface area contributed by atoms with Gasteiger partial charge in [0, 0.05) is 35.0 Å². The van der Waals surface area contributed by atoms with Crippen molar-refractivity contribution in [2.24, 2.45) is 11.8 Å². The van der Waals surface area contributed by atoms with E-state index in [9.17, 15) is 19.6 Å². The molecule has 0 spiro atoms. The van der Waals surface area contributed by atoms with Crippen LogP contribution < -0.4 is 5.79 Å². The minimum atomic E-state index is -2.32. The standard InChI is InChI=1S/C34H40S4.C29H31BrN2OS.C17H27BrOS.C16H27BrS.C12H6N2O.3CH4.6CH3.BH2.2Sn.H2/c1-5-9-11-23(7-3)21-25-13-15-29(37-25)31-27-17-19-36-34(27)32(28-18-20-35-33(28)31)30-16-14-26(38-30)22-24(8-4)12-10-6-2;1-3-4-5-6-7-8-9-10-11-12-15-21-18-22(34-29(21)30)19-25-27(26(20-31)32-2)23-16-13-14-17-24(23)28(25)33;1-2-3-4-5-6-7-8-9-10-11-12-15-13-16(14-19)20-17(15)18;1-2-3-4-5-6-7-8-9-10-11-12-15-13-14-18-16(15)17;1-14-11(7-13)10-6-12(15)9-5-3-2-4-8(9)10;;;;;;;;;;;;;/h13-18,23-24H,5-12,21-22H2,1-4H3;13-14,16-19H,3-12,15H2,1H3;13-14H,2-12H2,1H3;13-14H,2-12H2,1H3;2-5H,6H2;3*1H4;6*1H3;1H2;;;1H/b;25-19-,27-26-;;;11-10-;;;;;;;;;;;;;/i;;;;;;;;;;;;;;1TD;;;1+1. The number of nitriles is 2. The zero-order valence-corrected chi connectivity index (χ0v) is 99.1. The molecule has 20 heteroatoms. The number of carbonyl (C=O) groups is 3. The largest absolute Gasteiger partial charge is 0.297 e. The Labute approximate surface area is 898 Å². The van der Waals surface area contributed by atoms with E-state index in [0.29, 0.717) is 41.7 Å². The minimum Gasteiger partial charge on any atom is -0.297 e. The van der Waals surface area contributed by atoms with Crippen LogP contribution >= 0.6 is 127 Å². The van der Waals surface area contributed by atoms with Gasteiger partial charge in [0.25, 0.3) is 11.4 Å². The van der Waals surface area contributed by atoms with Gasteiger partial charge in [-0.25, -0.2) is 20.2 Å². The van der Waals surface area contributed by atoms with Crippen LogP contribution in [0.2, 0.25) is 29.6 Å². The molecule has 12 rings (SSSR count). The van der Waals surface area contributed by atoms with E-state index in [-0.39, 0.29) is 53.1 Å². The number of allylic oxidation sites excluding steroid dienone is 5. The number of carbonyl (C=O) groups excluding carboxylic acids is 3. The van der Waals surface area contributed by atoms with E-state index in [2.05, 4.69) is 235 Å². The quantitative estimate of drug-likeness (QED) is 0.00942. The third-order valence-electron chi connectivity index (χ3n) is 25.7. The molecule has 745 valence electrons. The Hall–Kier alpha value is -4.63. The van der Waals surface area contributed by atoms with Gasteiger partial charge in [0.05, 0.1) is 49.9 Å². The van der Waals surface area contributed by atoms with Crippen molar-refractivity contribution in [3.63, 3.8) is 0 Å². The Kier molecular flexibility index (Phi) is 60.0. The number of unbranched alkanes of at least 4 members (excludes halogenated alkanes) is 29. The number of benzene rings is 3. The topological polar surface area (TPSA) is 108 Å². The molecular formula is C117H165BBr3N4O3S7Sn2. The van der Waals surface area contributed by atoms with Gasteiger partial charge in [-0.3, -0.25) is 14.4 Å². The van der Waals surface area contributed by atoms with E-state index in [4.69, 9.17) is 21.1 Å². The van der Waals surface area contributed by atoms with E-state index in [1.807, 2.05) is 42.5 Å². The molecule has 7 heterocycles. The van der Waals surface area contributed by atoms with Crippen molar-refractivity contribution in [1.82, 2.24) is 0 Å². The summed E-state index contributed by atoms with van der Waals surface area (Å²) in [5.74, 6) is 1.48. The number of Topliss-reactive ketones (excluding diaryl/α,β-unsaturated/α-hetero) is 2. The summed E-state index contributed by atoms with van der Waals surface area (Å²) in [6.07, 6.45) is 60.5. The fourth-order valence-electron chi connectivity index (χ4n) is 17.6. The second-order valence-electron chi connectivity index (χ2n) is 38.3. The number of rotatable bonds is 51. The molecule has 2 aliphatic rings. The monoisotopic (exact) mass is 2390 g/mol. The first-order valence-corrected chi connectivity index (χ1v) is 78.5. The smallest absolute Gasteiger partial charge is 0.270 e. The van der Waals surface area contributed by atoms with Crippen molar-refractivity contribution in [1.29, 1.82) is 13.2 Å². The molecule has 2 atom stereocenters. The van der Waals surface area contributed by atoms with Crippen LogP contribution in [0.4, 0.5) is 0 Å². The number of thiophene rings is 7. The number of aldehydes is 1. The molecule has 0 saturated heterocycles. The van der Waals surface area contributed by atoms with Gasteiger partial charge in [-0.2, -0.15) is 0 Å². The van der Waals surface area contributed by atoms with Crippen molar-refractivity contribution in [2.75, 3.05) is 0 Å². The molecule has 7 nitrogen and oxygen atoms in total. The second-order valence-corrected chi connectivity index (χ2v) is 80.6. The Bertz CT molecular complexity index is 5400. The molecule has 0 bridgehead atoms. The SMILES string of the molecule is C.C.C.CCCCC(CC)Cc1ccc(-c2c3c[c]([Sn]([CH3])([CH3])[CH3])sc3c(-c3ccc(CC(CC)CCCC)s3)c3c[c]([Sn]([CH3])([CH3])[CH3])sc23)s1.CCCCCCCCCCCCc1cc(C=O)sc1Br.CCCCCCCCCCCCc1ccsc1Br.[2HH].[2H][B][3H].[C-]#[N+]/C(C#N)=C1/CC(=O)c2ccccc21.[C-]#[N+]/C(C#N)=C1\C(=C\c2cc(CCCCCCCCCCCC)c(Br)s2)C(=O)c2ccccc21. The minimum absolute atomic E-state index is 0. The second kappa shape index (κ2) is 67.9. The number of halogens is 3. The normalized spacial score (nSPS) is 13.5. The molecule has 0 saturated carbocycles. The van der Waals surface area contributed by atoms with Crippen LogP contribution in [0, 0.1) is 47.6 Å². The molecule has 7 aromatic heterocycles. The van der Waals surface area contributed by atoms with Gasteiger partial charge in [-0.15, -0.1) is 34.0 Å². The van der Waals surface area contributed by atoms with Crippen molar-refractivity contribution in [2.45, 2.75) is 383 Å². The first-order chi connectivity index (χ1) is 65.8. The van der Waals surface area contributed by atoms with Crippen LogP contribution in [0.3, 0.4) is 0 Å². The molecule has 0 fully saturated rings. The molecule has 137 heavy (non-hydrogen) atoms. The van der Waals surface area contributed by atoms with E-state index < -0.39 is 36.8 Å². The van der Waals surface area contributed by atoms with Gasteiger partial charge in [-0.05, 0) is 152 Å². The van der Waals surface area contributed by atoms with Crippen LogP contribution in [-0.2, 0) is 32.1 Å². The summed E-state index contributed by atoms with van der Waals surface area (Å²) in [5, 5.41) is 23.5. The summed E-state index contributed by atoms with van der Waals surface area (Å²) in [4.78, 5) is 65.4. The van der Waals surface area contributed by atoms with Crippen molar-refractivity contribution in [3.8, 4) is 33.0 Å². The average Bonchev–Trinajstić information content (AvgIpc) is 1.56. The zero-order valence-electron chi connectivity index (χ0n) is 84.9. The predicted molar refractivity (Wildman–Crippen MR) is 635 cm³/mol. The Balaban J connectivity index is 0.000000472. The summed E-state index contributed by atoms with van der Waals surface area (Å²) in [6.45, 7) is 30.5. The van der Waals surface area contributed by atoms with Crippen LogP contribution in [0.15, 0.2) is 137 Å². The van der Waals surface area contributed by atoms with Crippen molar-refractivity contribution >= 4 is 233 Å². The van der Waals surface area contributed by atoms with Gasteiger partial charge in [0.15, 0.2) is 17.9 Å². The number of fused-ring (bicyclic) bond motifs is 4. The van der Waals surface area contributed by atoms with Crippen molar-refractivity contribution < 1.29 is 15.8 Å². The van der Waals surface area contributed by atoms with Crippen LogP contribution in [0.1, 0.15) is 395 Å². The van der Waals surface area contributed by atoms with E-state index >= 15 is 0 Å². The molecule has 1 radical (unpaired) electrons. The molecule has 2 unspecified atom stereocenters. The van der Waals surface area contributed by atoms with Gasteiger partial charge < -0.3 is 0 Å². The summed E-state index contributed by atoms with van der Waals surface area (Å²) >= 11 is 19.7. The van der Waals surface area contributed by atoms with Gasteiger partial charge in [0.1, 0.15) is 0 Å². The molecule has 0 N–H and O–H groups in total. The molecule has 0 aliphatic heterocycles. The summed E-state index contributed by atoms with van der Waals surface area (Å²) in [7, 11) is 0.500. The number of ketones is 2. The number of hydrogen-bond acceptors (Lipinski definition) is 12. The summed E-state index contributed by atoms with van der Waals surface area (Å²) in [6, 6.07) is 39.8. The van der Waals surface area contributed by atoms with E-state index in [1.165, 1.54) is 287 Å². The van der Waals surface area contributed by atoms with Crippen LogP contribution in [-0.4, -0.2) is 65.6 Å². The van der Waals surface area contributed by atoms with Crippen LogP contribution in [0.5, 0.6) is 0 Å². The number of aryl methyl sites for hydroxylation is 3. The number of hydrogen-bond donors (Lipinski definition) is 0. The Morgan fingerprint density at radius 2 is 0.854 bits per heavy atom. The molecule has 0 amide bonds. The first kappa shape index (κ1) is 121. The third kappa shape index (κ3) is 39.7. The van der Waals surface area contributed by atoms with E-state index in [0.717, 1.165) is 60.3 Å². The fourth-order valence-corrected chi connectivity index (χ4v) is 37.7. The Morgan fingerprint density at radius 1 is 0.482 bits per heavy atom. The average molecular weight is 2390 g/mol. The molecule has 2 aliphatic carbocycles. The maximum atomic E-state index is 13.1. The predicted octanol–water partition coefficient (Wildman–Crippen LogP) is 41.0. The van der Waals surface area contributed by atoms with Crippen molar-refractivity contribution in [3.05, 3.63) is 218 Å². The Morgan fingerprint density at radius 3 is 1.22 bits per heavy atom. The van der Waals surface area contributed by atoms with Gasteiger partial charge >= 0.3 is 295 Å². The maximum absolute atomic E-state index is 13.1. The third-order valence-corrected chi connectivity index (χ3v) is 54.7. The number of nitrogens with zero attached hydrogens (tertiary/aromatic N) is 4. The molecule has 3 aromatic carbocycles. The molecular weight excluding hydrogens is 2220 g/mol.